The Balaban J connectivity index is 2.21. The van der Waals surface area contributed by atoms with Crippen LogP contribution >= 0.6 is 0 Å². The van der Waals surface area contributed by atoms with E-state index < -0.39 is 12.3 Å². The molecule has 2 nitrogen and oxygen atoms in total. The monoisotopic (exact) mass is 211 g/mol. The largest absolute Gasteiger partial charge is 0.415 e. The van der Waals surface area contributed by atoms with Crippen molar-refractivity contribution in [2.45, 2.75) is 31.5 Å². The average molecular weight is 211 g/mol. The van der Waals surface area contributed by atoms with Gasteiger partial charge in [-0.2, -0.15) is 13.2 Å². The highest BCUT2D eigenvalue weighted by Gasteiger charge is 2.38. The molecule has 0 heterocycles. The van der Waals surface area contributed by atoms with Gasteiger partial charge in [-0.15, -0.1) is 0 Å². The predicted octanol–water partition coefficient (Wildman–Crippen LogP) is 1.64. The van der Waals surface area contributed by atoms with Crippen molar-refractivity contribution in [3.05, 3.63) is 0 Å². The van der Waals surface area contributed by atoms with Gasteiger partial charge in [0, 0.05) is 13.1 Å². The molecule has 0 bridgehead atoms. The second-order valence-electron chi connectivity index (χ2n) is 4.08. The molecule has 1 N–H and O–H groups in total. The van der Waals surface area contributed by atoms with E-state index in [9.17, 15) is 13.2 Å². The smallest absolute Gasteiger partial charge is 0.382 e. The van der Waals surface area contributed by atoms with E-state index in [-0.39, 0.29) is 6.54 Å². The van der Waals surface area contributed by atoms with Gasteiger partial charge in [0.1, 0.15) is 0 Å². The normalized spacial score (nSPS) is 21.0. The molecular weight excluding hydrogens is 195 g/mol. The lowest BCUT2D eigenvalue weighted by Crippen LogP contribution is -2.41. The minimum atomic E-state index is -4.49. The summed E-state index contributed by atoms with van der Waals surface area (Å²) < 4.78 is 35.9. The van der Waals surface area contributed by atoms with Crippen molar-refractivity contribution in [2.75, 3.05) is 20.1 Å². The molecular formula is C9H16F3NO. The fraction of sp³-hybridized carbons (Fsp3) is 1.00. The van der Waals surface area contributed by atoms with E-state index in [4.69, 9.17) is 5.11 Å². The maximum atomic E-state index is 12.0. The third-order valence-corrected chi connectivity index (χ3v) is 2.66. The van der Waals surface area contributed by atoms with Crippen molar-refractivity contribution in [1.29, 1.82) is 0 Å². The quantitative estimate of drug-likeness (QED) is 0.764. The van der Waals surface area contributed by atoms with Gasteiger partial charge in [0.2, 0.25) is 0 Å². The van der Waals surface area contributed by atoms with Crippen LogP contribution in [0.1, 0.15) is 19.3 Å². The van der Waals surface area contributed by atoms with Crippen LogP contribution < -0.4 is 0 Å². The molecule has 1 atom stereocenters. The highest BCUT2D eigenvalue weighted by Crippen LogP contribution is 2.27. The Bertz CT molecular complexity index is 179. The molecule has 0 saturated heterocycles. The molecule has 0 aliphatic heterocycles. The van der Waals surface area contributed by atoms with Gasteiger partial charge in [0.05, 0.1) is 0 Å². The standard InChI is InChI=1S/C9H16F3NO/c1-13(5-7-3-2-4-7)6-8(14)9(10,11)12/h7-8,14H,2-6H2,1H3. The van der Waals surface area contributed by atoms with Crippen LogP contribution in [0.5, 0.6) is 0 Å². The van der Waals surface area contributed by atoms with E-state index in [2.05, 4.69) is 0 Å². The summed E-state index contributed by atoms with van der Waals surface area (Å²) in [4.78, 5) is 1.56. The van der Waals surface area contributed by atoms with Crippen LogP contribution in [-0.2, 0) is 0 Å². The zero-order chi connectivity index (χ0) is 10.8. The maximum Gasteiger partial charge on any atom is 0.415 e. The molecule has 1 aliphatic rings. The molecule has 1 unspecified atom stereocenters. The third-order valence-electron chi connectivity index (χ3n) is 2.66. The van der Waals surface area contributed by atoms with E-state index >= 15 is 0 Å². The summed E-state index contributed by atoms with van der Waals surface area (Å²) in [6, 6.07) is 0. The van der Waals surface area contributed by atoms with Gasteiger partial charge in [-0.05, 0) is 25.8 Å². The molecule has 1 fully saturated rings. The van der Waals surface area contributed by atoms with E-state index in [1.54, 1.807) is 11.9 Å². The Morgan fingerprint density at radius 2 is 2.00 bits per heavy atom. The highest BCUT2D eigenvalue weighted by molar-refractivity contribution is 4.75. The summed E-state index contributed by atoms with van der Waals surface area (Å²) in [5.74, 6) is 0.528. The van der Waals surface area contributed by atoms with Crippen molar-refractivity contribution >= 4 is 0 Å². The Hall–Kier alpha value is -0.290. The zero-order valence-corrected chi connectivity index (χ0v) is 8.22. The molecule has 0 aromatic carbocycles. The number of aliphatic hydroxyl groups is 1. The summed E-state index contributed by atoms with van der Waals surface area (Å²) >= 11 is 0. The van der Waals surface area contributed by atoms with Crippen LogP contribution in [0.15, 0.2) is 0 Å². The van der Waals surface area contributed by atoms with E-state index in [0.29, 0.717) is 12.5 Å². The number of aliphatic hydroxyl groups excluding tert-OH is 1. The first kappa shape index (κ1) is 11.8. The number of rotatable bonds is 4. The summed E-state index contributed by atoms with van der Waals surface area (Å²) in [5, 5.41) is 8.79. The second kappa shape index (κ2) is 4.49. The molecule has 1 saturated carbocycles. The summed E-state index contributed by atoms with van der Waals surface area (Å²) in [6.07, 6.45) is -3.32. The number of likely N-dealkylation sites (N-methyl/N-ethyl adjacent to an activating group) is 1. The number of halogens is 3. The molecule has 14 heavy (non-hydrogen) atoms. The van der Waals surface area contributed by atoms with Gasteiger partial charge >= 0.3 is 6.18 Å². The molecule has 5 heteroatoms. The lowest BCUT2D eigenvalue weighted by atomic mass is 9.85. The Labute approximate surface area is 81.7 Å². The molecule has 0 spiro atoms. The Kier molecular flexibility index (Phi) is 3.78. The van der Waals surface area contributed by atoms with Crippen LogP contribution in [0.25, 0.3) is 0 Å². The zero-order valence-electron chi connectivity index (χ0n) is 8.22. The van der Waals surface area contributed by atoms with Crippen molar-refractivity contribution < 1.29 is 18.3 Å². The predicted molar refractivity (Wildman–Crippen MR) is 46.9 cm³/mol. The van der Waals surface area contributed by atoms with E-state index in [1.165, 1.54) is 6.42 Å². The van der Waals surface area contributed by atoms with Crippen LogP contribution in [-0.4, -0.2) is 42.4 Å². The highest BCUT2D eigenvalue weighted by atomic mass is 19.4. The van der Waals surface area contributed by atoms with Gasteiger partial charge < -0.3 is 10.0 Å². The van der Waals surface area contributed by atoms with E-state index in [0.717, 1.165) is 12.8 Å². The van der Waals surface area contributed by atoms with Crippen LogP contribution in [0.2, 0.25) is 0 Å². The summed E-state index contributed by atoms with van der Waals surface area (Å²) in [6.45, 7) is 0.340. The number of hydrogen-bond acceptors (Lipinski definition) is 2. The maximum absolute atomic E-state index is 12.0. The second-order valence-corrected chi connectivity index (χ2v) is 4.08. The van der Waals surface area contributed by atoms with E-state index in [1.807, 2.05) is 0 Å². The average Bonchev–Trinajstić information content (AvgIpc) is 1.95. The first-order valence-electron chi connectivity index (χ1n) is 4.83. The molecule has 0 radical (unpaired) electrons. The fourth-order valence-corrected chi connectivity index (χ4v) is 1.59. The minimum absolute atomic E-state index is 0.319. The van der Waals surface area contributed by atoms with Gasteiger partial charge in [-0.3, -0.25) is 0 Å². The molecule has 1 aliphatic carbocycles. The Morgan fingerprint density at radius 1 is 1.43 bits per heavy atom. The van der Waals surface area contributed by atoms with Gasteiger partial charge in [0.15, 0.2) is 6.10 Å². The van der Waals surface area contributed by atoms with Crippen molar-refractivity contribution in [3.8, 4) is 0 Å². The SMILES string of the molecule is CN(CC1CCC1)CC(O)C(F)(F)F. The van der Waals surface area contributed by atoms with Crippen molar-refractivity contribution in [2.24, 2.45) is 5.92 Å². The topological polar surface area (TPSA) is 23.5 Å². The number of alkyl halides is 3. The lowest BCUT2D eigenvalue weighted by Gasteiger charge is -2.31. The summed E-state index contributed by atoms with van der Waals surface area (Å²) in [7, 11) is 1.62. The van der Waals surface area contributed by atoms with Gasteiger partial charge in [-0.25, -0.2) is 0 Å². The third kappa shape index (κ3) is 3.46. The molecule has 84 valence electrons. The summed E-state index contributed by atoms with van der Waals surface area (Å²) in [5.41, 5.74) is 0. The lowest BCUT2D eigenvalue weighted by molar-refractivity contribution is -0.207. The van der Waals surface area contributed by atoms with Gasteiger partial charge in [0.25, 0.3) is 0 Å². The fourth-order valence-electron chi connectivity index (χ4n) is 1.59. The molecule has 1 rings (SSSR count). The molecule has 0 aromatic heterocycles. The van der Waals surface area contributed by atoms with Crippen molar-refractivity contribution in [1.82, 2.24) is 4.90 Å². The molecule has 0 amide bonds. The van der Waals surface area contributed by atoms with Gasteiger partial charge in [-0.1, -0.05) is 6.42 Å². The van der Waals surface area contributed by atoms with Crippen LogP contribution in [0, 0.1) is 5.92 Å². The molecule has 0 aromatic rings. The number of nitrogens with zero attached hydrogens (tertiary/aromatic N) is 1. The Morgan fingerprint density at radius 3 is 2.36 bits per heavy atom. The van der Waals surface area contributed by atoms with Crippen LogP contribution in [0.4, 0.5) is 13.2 Å². The minimum Gasteiger partial charge on any atom is -0.382 e. The van der Waals surface area contributed by atoms with Crippen molar-refractivity contribution in [3.63, 3.8) is 0 Å². The first-order chi connectivity index (χ1) is 6.39. The van der Waals surface area contributed by atoms with Crippen LogP contribution in [0.3, 0.4) is 0 Å². The number of hydrogen-bond donors (Lipinski definition) is 1. The first-order valence-corrected chi connectivity index (χ1v) is 4.83.